The molecule has 0 aliphatic carbocycles. The van der Waals surface area contributed by atoms with Crippen LogP contribution in [0, 0.1) is 5.82 Å². The van der Waals surface area contributed by atoms with Gasteiger partial charge in [0.1, 0.15) is 17.2 Å². The minimum absolute atomic E-state index is 0.187. The summed E-state index contributed by atoms with van der Waals surface area (Å²) in [6, 6.07) is 7.54. The molecular weight excluding hydrogens is 409 g/mol. The molecule has 30 heavy (non-hydrogen) atoms. The van der Waals surface area contributed by atoms with Gasteiger partial charge in [0.2, 0.25) is 10.0 Å². The molecule has 1 unspecified atom stereocenters. The van der Waals surface area contributed by atoms with Crippen molar-refractivity contribution in [2.24, 2.45) is 0 Å². The molecule has 0 radical (unpaired) electrons. The first kappa shape index (κ1) is 20.5. The zero-order valence-corrected chi connectivity index (χ0v) is 17.4. The summed E-state index contributed by atoms with van der Waals surface area (Å²) in [4.78, 5) is 7.64. The highest BCUT2D eigenvalue weighted by Crippen LogP contribution is 2.37. The third-order valence-electron chi connectivity index (χ3n) is 5.35. The average Bonchev–Trinajstić information content (AvgIpc) is 3.17. The number of ether oxygens (including phenoxy) is 1. The van der Waals surface area contributed by atoms with Gasteiger partial charge in [0.25, 0.3) is 0 Å². The predicted octanol–water partition coefficient (Wildman–Crippen LogP) is 2.79. The van der Waals surface area contributed by atoms with E-state index in [4.69, 9.17) is 4.74 Å². The van der Waals surface area contributed by atoms with Crippen LogP contribution in [0.5, 0.6) is 5.75 Å². The number of sulfonamides is 1. The Morgan fingerprint density at radius 3 is 2.80 bits per heavy atom. The number of aromatic amines is 1. The zero-order chi connectivity index (χ0) is 21.5. The third kappa shape index (κ3) is 3.71. The zero-order valence-electron chi connectivity index (χ0n) is 16.6. The van der Waals surface area contributed by atoms with Crippen LogP contribution in [0.15, 0.2) is 42.6 Å². The quantitative estimate of drug-likeness (QED) is 0.648. The second-order valence-corrected chi connectivity index (χ2v) is 9.19. The number of hydrogen-bond acceptors (Lipinski definition) is 5. The van der Waals surface area contributed by atoms with Crippen LogP contribution in [0.25, 0.3) is 27.7 Å². The van der Waals surface area contributed by atoms with Crippen LogP contribution in [0.3, 0.4) is 0 Å². The van der Waals surface area contributed by atoms with Gasteiger partial charge in [-0.2, -0.15) is 4.31 Å². The highest BCUT2D eigenvalue weighted by molar-refractivity contribution is 7.88. The summed E-state index contributed by atoms with van der Waals surface area (Å²) >= 11 is 0. The number of nitrogens with zero attached hydrogens (tertiary/aromatic N) is 2. The van der Waals surface area contributed by atoms with Gasteiger partial charge in [0.05, 0.1) is 26.0 Å². The molecular formula is C21H22FN3O4S. The molecule has 4 rings (SSSR count). The number of fused-ring (bicyclic) bond motifs is 1. The Balaban J connectivity index is 1.78. The number of pyridine rings is 1. The summed E-state index contributed by atoms with van der Waals surface area (Å²) in [5, 5.41) is 10.5. The molecule has 1 aliphatic rings. The first-order chi connectivity index (χ1) is 14.3. The Labute approximate surface area is 173 Å². The molecule has 0 amide bonds. The van der Waals surface area contributed by atoms with Gasteiger partial charge in [-0.3, -0.25) is 0 Å². The molecule has 0 saturated heterocycles. The van der Waals surface area contributed by atoms with Crippen LogP contribution in [0.2, 0.25) is 0 Å². The maximum absolute atomic E-state index is 13.9. The summed E-state index contributed by atoms with van der Waals surface area (Å²) in [5.41, 5.74) is 3.69. The molecule has 1 aliphatic heterocycles. The fourth-order valence-corrected chi connectivity index (χ4v) is 4.92. The van der Waals surface area contributed by atoms with E-state index in [9.17, 15) is 17.9 Å². The second-order valence-electron chi connectivity index (χ2n) is 7.25. The lowest BCUT2D eigenvalue weighted by molar-refractivity contribution is 0.193. The van der Waals surface area contributed by atoms with Gasteiger partial charge in [0.15, 0.2) is 0 Å². The molecule has 0 saturated carbocycles. The van der Waals surface area contributed by atoms with E-state index in [-0.39, 0.29) is 19.0 Å². The highest BCUT2D eigenvalue weighted by atomic mass is 32.2. The molecule has 7 nitrogen and oxygen atoms in total. The first-order valence-corrected chi connectivity index (χ1v) is 11.3. The highest BCUT2D eigenvalue weighted by Gasteiger charge is 2.30. The monoisotopic (exact) mass is 431 g/mol. The first-order valence-electron chi connectivity index (χ1n) is 9.40. The van der Waals surface area contributed by atoms with Crippen molar-refractivity contribution in [1.29, 1.82) is 0 Å². The molecule has 0 spiro atoms. The maximum Gasteiger partial charge on any atom is 0.211 e. The van der Waals surface area contributed by atoms with Gasteiger partial charge < -0.3 is 14.8 Å². The van der Waals surface area contributed by atoms with Gasteiger partial charge in [-0.25, -0.2) is 17.8 Å². The summed E-state index contributed by atoms with van der Waals surface area (Å²) < 4.78 is 44.5. The van der Waals surface area contributed by atoms with Gasteiger partial charge in [-0.1, -0.05) is 6.08 Å². The molecule has 158 valence electrons. The van der Waals surface area contributed by atoms with Crippen molar-refractivity contribution in [3.63, 3.8) is 0 Å². The molecule has 3 heterocycles. The van der Waals surface area contributed by atoms with Crippen molar-refractivity contribution >= 4 is 26.6 Å². The van der Waals surface area contributed by atoms with Gasteiger partial charge in [-0.15, -0.1) is 0 Å². The van der Waals surface area contributed by atoms with E-state index in [2.05, 4.69) is 9.97 Å². The SMILES string of the molecule is COc1ccc(F)cc1-c1ccnc2[nH]c(C3=CCN(S(C)(=O)=O)C(CO)C3)cc12. The number of aliphatic hydroxyl groups is 1. The van der Waals surface area contributed by atoms with E-state index in [1.807, 2.05) is 12.1 Å². The number of rotatable bonds is 5. The number of aromatic nitrogens is 2. The Kier molecular flexibility index (Phi) is 5.35. The smallest absolute Gasteiger partial charge is 0.211 e. The Bertz CT molecular complexity index is 1240. The fraction of sp³-hybridized carbons (Fsp3) is 0.286. The van der Waals surface area contributed by atoms with Crippen LogP contribution in [-0.4, -0.2) is 60.4 Å². The lowest BCUT2D eigenvalue weighted by Gasteiger charge is -2.31. The third-order valence-corrected chi connectivity index (χ3v) is 6.65. The molecule has 0 fully saturated rings. The van der Waals surface area contributed by atoms with Crippen LogP contribution < -0.4 is 4.74 Å². The van der Waals surface area contributed by atoms with Crippen LogP contribution >= 0.6 is 0 Å². The minimum atomic E-state index is -3.42. The lowest BCUT2D eigenvalue weighted by Crippen LogP contribution is -2.44. The van der Waals surface area contributed by atoms with Crippen molar-refractivity contribution in [1.82, 2.24) is 14.3 Å². The normalized spacial score (nSPS) is 17.9. The fourth-order valence-electron chi connectivity index (χ4n) is 3.90. The van der Waals surface area contributed by atoms with E-state index < -0.39 is 16.1 Å². The number of aliphatic hydroxyl groups excluding tert-OH is 1. The van der Waals surface area contributed by atoms with Gasteiger partial charge in [-0.05, 0) is 47.9 Å². The molecule has 9 heteroatoms. The minimum Gasteiger partial charge on any atom is -0.496 e. The summed E-state index contributed by atoms with van der Waals surface area (Å²) in [5.74, 6) is 0.181. The van der Waals surface area contributed by atoms with Crippen molar-refractivity contribution in [2.75, 3.05) is 26.5 Å². The molecule has 1 aromatic carbocycles. The van der Waals surface area contributed by atoms with Crippen molar-refractivity contribution in [3.8, 4) is 16.9 Å². The number of benzene rings is 1. The van der Waals surface area contributed by atoms with Crippen LogP contribution in [0.4, 0.5) is 4.39 Å². The van der Waals surface area contributed by atoms with E-state index >= 15 is 0 Å². The molecule has 1 atom stereocenters. The Morgan fingerprint density at radius 2 is 2.10 bits per heavy atom. The van der Waals surface area contributed by atoms with E-state index in [0.717, 1.165) is 28.5 Å². The maximum atomic E-state index is 13.9. The Morgan fingerprint density at radius 1 is 1.30 bits per heavy atom. The van der Waals surface area contributed by atoms with Crippen LogP contribution in [0.1, 0.15) is 12.1 Å². The molecule has 2 N–H and O–H groups in total. The second kappa shape index (κ2) is 7.82. The summed E-state index contributed by atoms with van der Waals surface area (Å²) in [7, 11) is -1.88. The van der Waals surface area contributed by atoms with Crippen molar-refractivity contribution in [3.05, 3.63) is 54.1 Å². The topological polar surface area (TPSA) is 95.5 Å². The number of hydrogen-bond donors (Lipinski definition) is 2. The lowest BCUT2D eigenvalue weighted by atomic mass is 9.98. The van der Waals surface area contributed by atoms with Crippen molar-refractivity contribution < 1.29 is 22.7 Å². The predicted molar refractivity (Wildman–Crippen MR) is 113 cm³/mol. The largest absolute Gasteiger partial charge is 0.496 e. The van der Waals surface area contributed by atoms with E-state index in [1.165, 1.54) is 23.5 Å². The summed E-state index contributed by atoms with van der Waals surface area (Å²) in [6.07, 6.45) is 4.98. The standard InChI is InChI=1S/C21H22FN3O4S/c1-29-20-4-3-14(22)10-17(20)16-5-7-23-21-18(16)11-19(24-21)13-6-8-25(30(2,27)28)15(9-13)12-26/h3-7,10-11,15,26H,8-9,12H2,1-2H3,(H,23,24). The number of methoxy groups -OCH3 is 1. The van der Waals surface area contributed by atoms with Gasteiger partial charge in [0, 0.05) is 29.4 Å². The van der Waals surface area contributed by atoms with E-state index in [0.29, 0.717) is 23.4 Å². The number of H-pyrrole nitrogens is 1. The summed E-state index contributed by atoms with van der Waals surface area (Å²) in [6.45, 7) is -0.0820. The number of halogens is 1. The molecule has 2 aromatic heterocycles. The Hall–Kier alpha value is -2.75. The molecule has 3 aromatic rings. The average molecular weight is 431 g/mol. The number of nitrogens with one attached hydrogen (secondary N) is 1. The van der Waals surface area contributed by atoms with E-state index in [1.54, 1.807) is 18.3 Å². The van der Waals surface area contributed by atoms with Gasteiger partial charge >= 0.3 is 0 Å². The van der Waals surface area contributed by atoms with Crippen molar-refractivity contribution in [2.45, 2.75) is 12.5 Å². The van der Waals surface area contributed by atoms with Crippen LogP contribution in [-0.2, 0) is 10.0 Å². The molecule has 0 bridgehead atoms.